The Hall–Kier alpha value is -2.77. The van der Waals surface area contributed by atoms with Crippen molar-refractivity contribution in [2.75, 3.05) is 12.9 Å². The molecule has 0 spiro atoms. The molecule has 37 heavy (non-hydrogen) atoms. The second-order valence-corrected chi connectivity index (χ2v) is 11.8. The van der Waals surface area contributed by atoms with Gasteiger partial charge in [0.25, 0.3) is 0 Å². The molecule has 196 valence electrons. The third kappa shape index (κ3) is 9.56. The van der Waals surface area contributed by atoms with Crippen molar-refractivity contribution < 1.29 is 14.3 Å². The molecule has 1 N–H and O–H groups in total. The molecule has 7 heteroatoms. The molecular formula is C30H35BrN2O3S. The van der Waals surface area contributed by atoms with Gasteiger partial charge in [0.15, 0.2) is 0 Å². The molecule has 0 bridgehead atoms. The summed E-state index contributed by atoms with van der Waals surface area (Å²) < 4.78 is 6.17. The Kier molecular flexibility index (Phi) is 10.6. The number of benzene rings is 3. The van der Waals surface area contributed by atoms with E-state index in [-0.39, 0.29) is 17.6 Å². The fourth-order valence-electron chi connectivity index (χ4n) is 3.90. The van der Waals surface area contributed by atoms with Gasteiger partial charge in [-0.2, -0.15) is 0 Å². The molecule has 3 aromatic carbocycles. The number of ether oxygens (including phenoxy) is 1. The van der Waals surface area contributed by atoms with Gasteiger partial charge in [-0.1, -0.05) is 70.5 Å². The average molecular weight is 584 g/mol. The number of hydrogen-bond acceptors (Lipinski definition) is 4. The fraction of sp³-hybridized carbons (Fsp3) is 0.333. The van der Waals surface area contributed by atoms with Crippen LogP contribution in [-0.2, 0) is 28.3 Å². The largest absolute Gasteiger partial charge is 0.497 e. The molecule has 0 radical (unpaired) electrons. The summed E-state index contributed by atoms with van der Waals surface area (Å²) in [7, 11) is 1.64. The number of nitrogens with one attached hydrogen (secondary N) is 1. The zero-order chi connectivity index (χ0) is 26.8. The zero-order valence-electron chi connectivity index (χ0n) is 21.9. The lowest BCUT2D eigenvalue weighted by Gasteiger charge is -2.34. The maximum atomic E-state index is 13.7. The van der Waals surface area contributed by atoms with E-state index in [1.165, 1.54) is 0 Å². The predicted molar refractivity (Wildman–Crippen MR) is 156 cm³/mol. The van der Waals surface area contributed by atoms with Gasteiger partial charge in [-0.3, -0.25) is 9.59 Å². The van der Waals surface area contributed by atoms with Gasteiger partial charge in [0.05, 0.1) is 12.9 Å². The van der Waals surface area contributed by atoms with E-state index < -0.39 is 11.6 Å². The lowest BCUT2D eigenvalue weighted by Crippen LogP contribution is -2.54. The molecule has 5 nitrogen and oxygen atoms in total. The lowest BCUT2D eigenvalue weighted by molar-refractivity contribution is -0.140. The van der Waals surface area contributed by atoms with E-state index in [9.17, 15) is 9.59 Å². The van der Waals surface area contributed by atoms with Crippen molar-refractivity contribution in [3.8, 4) is 5.75 Å². The maximum Gasteiger partial charge on any atom is 0.243 e. The first-order valence-corrected chi connectivity index (χ1v) is 14.2. The Morgan fingerprint density at radius 2 is 1.62 bits per heavy atom. The summed E-state index contributed by atoms with van der Waals surface area (Å²) in [5.41, 5.74) is 2.67. The minimum Gasteiger partial charge on any atom is -0.497 e. The van der Waals surface area contributed by atoms with Crippen LogP contribution < -0.4 is 10.1 Å². The minimum atomic E-state index is -0.644. The van der Waals surface area contributed by atoms with Crippen molar-refractivity contribution in [1.82, 2.24) is 10.2 Å². The van der Waals surface area contributed by atoms with E-state index in [0.717, 1.165) is 26.9 Å². The number of nitrogens with zero attached hydrogens (tertiary/aromatic N) is 1. The van der Waals surface area contributed by atoms with E-state index in [4.69, 9.17) is 4.74 Å². The molecule has 0 aliphatic carbocycles. The van der Waals surface area contributed by atoms with E-state index in [0.29, 0.717) is 18.7 Å². The second kappa shape index (κ2) is 13.7. The van der Waals surface area contributed by atoms with Crippen LogP contribution in [0.2, 0.25) is 0 Å². The van der Waals surface area contributed by atoms with Crippen LogP contribution >= 0.6 is 27.7 Å². The minimum absolute atomic E-state index is 0.0662. The number of carbonyl (C=O) groups excluding carboxylic acids is 2. The van der Waals surface area contributed by atoms with E-state index in [1.807, 2.05) is 99.6 Å². The smallest absolute Gasteiger partial charge is 0.243 e. The summed E-state index contributed by atoms with van der Waals surface area (Å²) in [5.74, 6) is 1.55. The quantitative estimate of drug-likeness (QED) is 0.290. The van der Waals surface area contributed by atoms with Crippen LogP contribution in [0.4, 0.5) is 0 Å². The molecule has 3 aromatic rings. The predicted octanol–water partition coefficient (Wildman–Crippen LogP) is 6.25. The fourth-order valence-corrected chi connectivity index (χ4v) is 5.22. The van der Waals surface area contributed by atoms with E-state index in [2.05, 4.69) is 21.2 Å². The highest BCUT2D eigenvalue weighted by molar-refractivity contribution is 9.10. The van der Waals surface area contributed by atoms with Crippen molar-refractivity contribution in [2.45, 2.75) is 51.1 Å². The van der Waals surface area contributed by atoms with Gasteiger partial charge in [0.2, 0.25) is 11.8 Å². The normalized spacial score (nSPS) is 12.0. The molecule has 0 heterocycles. The van der Waals surface area contributed by atoms with Gasteiger partial charge in [0, 0.05) is 28.7 Å². The van der Waals surface area contributed by atoms with Crippen molar-refractivity contribution in [3.05, 3.63) is 100 Å². The molecule has 0 aliphatic rings. The Bertz CT molecular complexity index is 1160. The molecule has 3 rings (SSSR count). The lowest BCUT2D eigenvalue weighted by atomic mass is 10.0. The van der Waals surface area contributed by atoms with Crippen molar-refractivity contribution in [3.63, 3.8) is 0 Å². The highest BCUT2D eigenvalue weighted by atomic mass is 79.9. The standard InChI is InChI=1S/C30H35BrN2O3S/c1-30(2,3)32-29(35)27(18-22-9-6-5-7-10-22)33(19-24-11-8-12-25(31)17-24)28(34)21-37-20-23-13-15-26(36-4)16-14-23/h5-17,27H,18-21H2,1-4H3,(H,32,35)/t27-/m1/s1. The summed E-state index contributed by atoms with van der Waals surface area (Å²) in [6, 6.07) is 24.9. The Labute approximate surface area is 233 Å². The second-order valence-electron chi connectivity index (χ2n) is 9.94. The summed E-state index contributed by atoms with van der Waals surface area (Å²) in [5, 5.41) is 3.10. The number of thioether (sulfide) groups is 1. The first-order chi connectivity index (χ1) is 17.6. The Balaban J connectivity index is 1.85. The van der Waals surface area contributed by atoms with Crippen LogP contribution in [0.25, 0.3) is 0 Å². The molecule has 0 saturated carbocycles. The number of amides is 2. The van der Waals surface area contributed by atoms with Gasteiger partial charge in [-0.05, 0) is 61.7 Å². The third-order valence-electron chi connectivity index (χ3n) is 5.66. The summed E-state index contributed by atoms with van der Waals surface area (Å²) in [6.45, 7) is 6.21. The van der Waals surface area contributed by atoms with Gasteiger partial charge in [-0.25, -0.2) is 0 Å². The molecule has 0 saturated heterocycles. The highest BCUT2D eigenvalue weighted by Crippen LogP contribution is 2.21. The maximum absolute atomic E-state index is 13.7. The van der Waals surface area contributed by atoms with Crippen LogP contribution in [0.1, 0.15) is 37.5 Å². The summed E-state index contributed by atoms with van der Waals surface area (Å²) in [4.78, 5) is 29.0. The topological polar surface area (TPSA) is 58.6 Å². The Morgan fingerprint density at radius 3 is 2.24 bits per heavy atom. The molecule has 2 amide bonds. The molecule has 0 unspecified atom stereocenters. The molecular weight excluding hydrogens is 548 g/mol. The van der Waals surface area contributed by atoms with Crippen molar-refractivity contribution in [2.24, 2.45) is 0 Å². The first kappa shape index (κ1) is 28.8. The van der Waals surface area contributed by atoms with Gasteiger partial charge in [-0.15, -0.1) is 11.8 Å². The third-order valence-corrected chi connectivity index (χ3v) is 7.15. The number of hydrogen-bond donors (Lipinski definition) is 1. The monoisotopic (exact) mass is 582 g/mol. The molecule has 0 aliphatic heterocycles. The van der Waals surface area contributed by atoms with E-state index >= 15 is 0 Å². The average Bonchev–Trinajstić information content (AvgIpc) is 2.86. The van der Waals surface area contributed by atoms with Gasteiger partial charge >= 0.3 is 0 Å². The van der Waals surface area contributed by atoms with Crippen LogP contribution in [0, 0.1) is 0 Å². The van der Waals surface area contributed by atoms with Crippen LogP contribution in [0.15, 0.2) is 83.3 Å². The SMILES string of the molecule is COc1ccc(CSCC(=O)N(Cc2cccc(Br)c2)[C@H](Cc2ccccc2)C(=O)NC(C)(C)C)cc1. The Morgan fingerprint density at radius 1 is 0.946 bits per heavy atom. The van der Waals surface area contributed by atoms with Crippen LogP contribution in [-0.4, -0.2) is 41.2 Å². The molecule has 0 fully saturated rings. The highest BCUT2D eigenvalue weighted by Gasteiger charge is 2.32. The van der Waals surface area contributed by atoms with Crippen LogP contribution in [0.5, 0.6) is 5.75 Å². The summed E-state index contributed by atoms with van der Waals surface area (Å²) in [6.07, 6.45) is 0.436. The number of methoxy groups -OCH3 is 1. The van der Waals surface area contributed by atoms with Crippen molar-refractivity contribution >= 4 is 39.5 Å². The van der Waals surface area contributed by atoms with Gasteiger partial charge < -0.3 is 15.0 Å². The van der Waals surface area contributed by atoms with E-state index in [1.54, 1.807) is 23.8 Å². The molecule has 1 atom stereocenters. The van der Waals surface area contributed by atoms with Gasteiger partial charge in [0.1, 0.15) is 11.8 Å². The van der Waals surface area contributed by atoms with Crippen LogP contribution in [0.3, 0.4) is 0 Å². The number of carbonyl (C=O) groups is 2. The number of rotatable bonds is 11. The van der Waals surface area contributed by atoms with Crippen molar-refractivity contribution in [1.29, 1.82) is 0 Å². The first-order valence-electron chi connectivity index (χ1n) is 12.2. The zero-order valence-corrected chi connectivity index (χ0v) is 24.3. The number of halogens is 1. The summed E-state index contributed by atoms with van der Waals surface area (Å²) >= 11 is 5.08. The molecule has 0 aromatic heterocycles.